The molecule has 0 aliphatic heterocycles. The average Bonchev–Trinajstić information content (AvgIpc) is 1.98. The van der Waals surface area contributed by atoms with E-state index in [1.807, 2.05) is 6.92 Å². The summed E-state index contributed by atoms with van der Waals surface area (Å²) in [5.41, 5.74) is 0.330. The Morgan fingerprint density at radius 1 is 1.46 bits per heavy atom. The summed E-state index contributed by atoms with van der Waals surface area (Å²) in [4.78, 5) is 10.8. The van der Waals surface area contributed by atoms with Crippen LogP contribution in [0.4, 0.5) is 0 Å². The van der Waals surface area contributed by atoms with Crippen LogP contribution < -0.4 is 0 Å². The van der Waals surface area contributed by atoms with Crippen molar-refractivity contribution < 1.29 is 17.4 Å². The minimum absolute atomic E-state index is 0. The number of hydrogen-bond donors (Lipinski definition) is 1. The molecule has 0 spiro atoms. The topological polar surface area (TPSA) is 60.4 Å². The first-order valence-corrected chi connectivity index (χ1v) is 4.71. The van der Waals surface area contributed by atoms with Gasteiger partial charge >= 0.3 is 68.3 Å². The molecule has 72 valence electrons. The fraction of sp³-hybridized carbons (Fsp3) is 0.571. The summed E-state index contributed by atoms with van der Waals surface area (Å²) >= 11 is 0. The van der Waals surface area contributed by atoms with E-state index in [2.05, 4.69) is 4.18 Å². The molecule has 13 heavy (non-hydrogen) atoms. The van der Waals surface area contributed by atoms with Crippen LogP contribution in [0.3, 0.4) is 0 Å². The zero-order chi connectivity index (χ0) is 9.56. The van der Waals surface area contributed by atoms with Gasteiger partial charge in [0.15, 0.2) is 0 Å². The van der Waals surface area contributed by atoms with Crippen LogP contribution in [0.5, 0.6) is 0 Å². The Morgan fingerprint density at radius 3 is 2.38 bits per heavy atom. The molecule has 0 fully saturated rings. The molecular formula is C7H13KO4S. The predicted molar refractivity (Wildman–Crippen MR) is 52.2 cm³/mol. The molecule has 0 saturated carbocycles. The van der Waals surface area contributed by atoms with Crippen molar-refractivity contribution in [1.82, 2.24) is 0 Å². The Labute approximate surface area is 122 Å². The normalized spacial score (nSPS) is 10.8. The molecule has 0 heterocycles. The fourth-order valence-electron chi connectivity index (χ4n) is 0.584. The Balaban J connectivity index is 0. The number of carbonyl (C=O) groups is 1. The second-order valence-electron chi connectivity index (χ2n) is 2.28. The molecule has 0 aromatic heterocycles. The Kier molecular flexibility index (Phi) is 11.7. The second-order valence-corrected chi connectivity index (χ2v) is 2.91. The molecule has 0 aromatic carbocycles. The Morgan fingerprint density at radius 2 is 2.00 bits per heavy atom. The van der Waals surface area contributed by atoms with E-state index in [1.54, 1.807) is 6.08 Å². The van der Waals surface area contributed by atoms with Gasteiger partial charge in [-0.1, -0.05) is 19.4 Å². The van der Waals surface area contributed by atoms with E-state index in [9.17, 15) is 13.2 Å². The average molecular weight is 232 g/mol. The maximum absolute atomic E-state index is 10.8. The van der Waals surface area contributed by atoms with Crippen LogP contribution in [0.15, 0.2) is 11.6 Å². The number of thiol groups is 1. The fourth-order valence-corrected chi connectivity index (χ4v) is 0.863. The molecule has 0 aliphatic rings. The van der Waals surface area contributed by atoms with E-state index in [0.717, 1.165) is 12.8 Å². The van der Waals surface area contributed by atoms with Gasteiger partial charge in [0, 0.05) is 5.57 Å². The molecule has 0 aromatic rings. The van der Waals surface area contributed by atoms with Crippen molar-refractivity contribution >= 4 is 68.3 Å². The zero-order valence-corrected chi connectivity index (χ0v) is 7.97. The van der Waals surface area contributed by atoms with Gasteiger partial charge in [0.25, 0.3) is 0 Å². The molecule has 4 nitrogen and oxygen atoms in total. The molecule has 0 N–H and O–H groups in total. The van der Waals surface area contributed by atoms with Gasteiger partial charge in [-0.25, -0.2) is 4.79 Å². The van der Waals surface area contributed by atoms with Gasteiger partial charge in [0.1, 0.15) is 0 Å². The Hall–Kier alpha value is 0.796. The molecule has 0 amide bonds. The second kappa shape index (κ2) is 9.36. The SMILES string of the molecule is CCCC=C(C)C(=O)O[SH](=O)=O.[KH]. The van der Waals surface area contributed by atoms with E-state index in [0.29, 0.717) is 5.57 Å². The summed E-state index contributed by atoms with van der Waals surface area (Å²) in [7, 11) is -3.08. The van der Waals surface area contributed by atoms with Crippen molar-refractivity contribution in [2.24, 2.45) is 0 Å². The van der Waals surface area contributed by atoms with Crippen LogP contribution >= 0.6 is 0 Å². The van der Waals surface area contributed by atoms with Gasteiger partial charge in [-0.2, -0.15) is 8.42 Å². The van der Waals surface area contributed by atoms with E-state index in [4.69, 9.17) is 0 Å². The van der Waals surface area contributed by atoms with E-state index >= 15 is 0 Å². The molecule has 0 bridgehead atoms. The third kappa shape index (κ3) is 9.11. The van der Waals surface area contributed by atoms with E-state index in [-0.39, 0.29) is 51.4 Å². The number of unbranched alkanes of at least 4 members (excludes halogenated alkanes) is 1. The summed E-state index contributed by atoms with van der Waals surface area (Å²) < 4.78 is 23.9. The molecule has 0 rings (SSSR count). The van der Waals surface area contributed by atoms with Gasteiger partial charge in [-0.15, -0.1) is 0 Å². The third-order valence-corrected chi connectivity index (χ3v) is 1.53. The van der Waals surface area contributed by atoms with Crippen molar-refractivity contribution in [2.75, 3.05) is 0 Å². The van der Waals surface area contributed by atoms with E-state index < -0.39 is 17.0 Å². The monoisotopic (exact) mass is 232 g/mol. The minimum atomic E-state index is -3.08. The van der Waals surface area contributed by atoms with Crippen molar-refractivity contribution in [1.29, 1.82) is 0 Å². The van der Waals surface area contributed by atoms with Gasteiger partial charge in [-0.05, 0) is 13.3 Å². The molecule has 6 heteroatoms. The number of rotatable bonds is 4. The van der Waals surface area contributed by atoms with Crippen LogP contribution in [0.2, 0.25) is 0 Å². The van der Waals surface area contributed by atoms with Crippen LogP contribution in [-0.4, -0.2) is 65.8 Å². The van der Waals surface area contributed by atoms with Crippen LogP contribution in [-0.2, 0) is 20.0 Å². The van der Waals surface area contributed by atoms with Crippen LogP contribution in [0.1, 0.15) is 26.7 Å². The standard InChI is InChI=1S/C7H12O4S.K.H/c1-3-4-5-6(2)7(8)11-12(9)10;;/h5,12H,3-4H2,1-2H3;;. The zero-order valence-electron chi connectivity index (χ0n) is 7.07. The molecule has 0 aliphatic carbocycles. The van der Waals surface area contributed by atoms with Crippen molar-refractivity contribution in [3.8, 4) is 0 Å². The molecular weight excluding hydrogens is 219 g/mol. The van der Waals surface area contributed by atoms with E-state index in [1.165, 1.54) is 6.92 Å². The first kappa shape index (κ1) is 16.2. The first-order valence-electron chi connectivity index (χ1n) is 3.61. The van der Waals surface area contributed by atoms with Gasteiger partial charge < -0.3 is 4.18 Å². The summed E-state index contributed by atoms with van der Waals surface area (Å²) in [6.45, 7) is 3.49. The summed E-state index contributed by atoms with van der Waals surface area (Å²) in [5, 5.41) is 0. The quantitative estimate of drug-likeness (QED) is 0.426. The maximum atomic E-state index is 10.8. The number of carbonyl (C=O) groups excluding carboxylic acids is 1. The predicted octanol–water partition coefficient (Wildman–Crippen LogP) is 0.154. The van der Waals surface area contributed by atoms with Crippen LogP contribution in [0.25, 0.3) is 0 Å². The third-order valence-electron chi connectivity index (χ3n) is 1.22. The Bertz CT molecular complexity index is 249. The molecule has 0 saturated heterocycles. The van der Waals surface area contributed by atoms with Crippen molar-refractivity contribution in [3.63, 3.8) is 0 Å². The summed E-state index contributed by atoms with van der Waals surface area (Å²) in [6.07, 6.45) is 3.31. The summed E-state index contributed by atoms with van der Waals surface area (Å²) in [6, 6.07) is 0. The first-order chi connectivity index (χ1) is 5.57. The van der Waals surface area contributed by atoms with Crippen molar-refractivity contribution in [2.45, 2.75) is 26.7 Å². The van der Waals surface area contributed by atoms with Crippen molar-refractivity contribution in [3.05, 3.63) is 11.6 Å². The van der Waals surface area contributed by atoms with Gasteiger partial charge in [0.2, 0.25) is 0 Å². The van der Waals surface area contributed by atoms with Gasteiger partial charge in [0.05, 0.1) is 0 Å². The number of hydrogen-bond acceptors (Lipinski definition) is 4. The molecule has 0 radical (unpaired) electrons. The molecule has 0 atom stereocenters. The van der Waals surface area contributed by atoms with Gasteiger partial charge in [-0.3, -0.25) is 0 Å². The molecule has 0 unspecified atom stereocenters. The summed E-state index contributed by atoms with van der Waals surface area (Å²) in [5.74, 6) is -0.792. The number of allylic oxidation sites excluding steroid dienone is 1. The van der Waals surface area contributed by atoms with Crippen LogP contribution in [0, 0.1) is 0 Å².